The zero-order valence-corrected chi connectivity index (χ0v) is 17.8. The number of hydrogen-bond donors (Lipinski definition) is 0. The Labute approximate surface area is 168 Å². The summed E-state index contributed by atoms with van der Waals surface area (Å²) in [4.78, 5) is 11.8. The largest absolute Gasteiger partial charge is 0.493 e. The number of pyridine rings is 1. The molecule has 1 heterocycles. The molecule has 3 rings (SSSR count). The SMILES string of the molecule is CCC(C)C(Cn1c(C)cc(=O)cc1C)c1ccc(OC)c(OCC2CC2)c1. The van der Waals surface area contributed by atoms with Crippen molar-refractivity contribution in [2.24, 2.45) is 11.8 Å². The summed E-state index contributed by atoms with van der Waals surface area (Å²) in [5, 5.41) is 0. The van der Waals surface area contributed by atoms with Crippen LogP contribution < -0.4 is 14.9 Å². The third-order valence-corrected chi connectivity index (χ3v) is 6.05. The highest BCUT2D eigenvalue weighted by Gasteiger charge is 2.24. The van der Waals surface area contributed by atoms with Gasteiger partial charge < -0.3 is 14.0 Å². The van der Waals surface area contributed by atoms with Gasteiger partial charge in [-0.15, -0.1) is 0 Å². The second-order valence-corrected chi connectivity index (χ2v) is 8.24. The van der Waals surface area contributed by atoms with Gasteiger partial charge in [0.15, 0.2) is 16.9 Å². The maximum absolute atomic E-state index is 11.8. The van der Waals surface area contributed by atoms with Gasteiger partial charge in [-0.3, -0.25) is 4.79 Å². The Bertz CT molecular complexity index is 840. The third kappa shape index (κ3) is 4.78. The first kappa shape index (κ1) is 20.5. The number of nitrogens with zero attached hydrogens (tertiary/aromatic N) is 1. The molecule has 1 aromatic carbocycles. The molecule has 0 saturated heterocycles. The maximum Gasteiger partial charge on any atom is 0.182 e. The van der Waals surface area contributed by atoms with Crippen molar-refractivity contribution in [1.82, 2.24) is 4.57 Å². The molecular formula is C24H33NO3. The molecule has 2 unspecified atom stereocenters. The smallest absolute Gasteiger partial charge is 0.182 e. The van der Waals surface area contributed by atoms with Crippen molar-refractivity contribution in [2.75, 3.05) is 13.7 Å². The van der Waals surface area contributed by atoms with Crippen molar-refractivity contribution >= 4 is 0 Å². The number of rotatable bonds is 9. The summed E-state index contributed by atoms with van der Waals surface area (Å²) >= 11 is 0. The number of methoxy groups -OCH3 is 1. The predicted octanol–water partition coefficient (Wildman–Crippen LogP) is 5.09. The first-order valence-corrected chi connectivity index (χ1v) is 10.4. The lowest BCUT2D eigenvalue weighted by molar-refractivity contribution is 0.279. The van der Waals surface area contributed by atoms with E-state index in [0.717, 1.165) is 42.5 Å². The van der Waals surface area contributed by atoms with Crippen LogP contribution in [-0.2, 0) is 6.54 Å². The van der Waals surface area contributed by atoms with E-state index < -0.39 is 0 Å². The summed E-state index contributed by atoms with van der Waals surface area (Å²) in [7, 11) is 1.69. The lowest BCUT2D eigenvalue weighted by Crippen LogP contribution is -2.21. The van der Waals surface area contributed by atoms with E-state index in [1.165, 1.54) is 18.4 Å². The van der Waals surface area contributed by atoms with Crippen molar-refractivity contribution in [1.29, 1.82) is 0 Å². The Hall–Kier alpha value is -2.23. The first-order chi connectivity index (χ1) is 13.4. The maximum atomic E-state index is 11.8. The molecule has 1 aliphatic rings. The molecule has 28 heavy (non-hydrogen) atoms. The average Bonchev–Trinajstić information content (AvgIpc) is 3.49. The highest BCUT2D eigenvalue weighted by molar-refractivity contribution is 5.44. The highest BCUT2D eigenvalue weighted by atomic mass is 16.5. The van der Waals surface area contributed by atoms with Gasteiger partial charge in [-0.05, 0) is 56.2 Å². The molecule has 1 aromatic heterocycles. The fourth-order valence-corrected chi connectivity index (χ4v) is 3.80. The molecule has 152 valence electrons. The monoisotopic (exact) mass is 383 g/mol. The molecule has 1 saturated carbocycles. The van der Waals surface area contributed by atoms with Crippen LogP contribution >= 0.6 is 0 Å². The van der Waals surface area contributed by atoms with E-state index in [9.17, 15) is 4.79 Å². The van der Waals surface area contributed by atoms with E-state index in [4.69, 9.17) is 9.47 Å². The standard InChI is InChI=1S/C24H33NO3/c1-6-16(2)22(14-25-17(3)11-21(26)12-18(25)4)20-9-10-23(27-5)24(13-20)28-15-19-7-8-19/h9-13,16,19,22H,6-8,14-15H2,1-5H3. The van der Waals surface area contributed by atoms with Crippen LogP contribution in [0.4, 0.5) is 0 Å². The van der Waals surface area contributed by atoms with Gasteiger partial charge >= 0.3 is 0 Å². The molecule has 2 atom stereocenters. The van der Waals surface area contributed by atoms with Gasteiger partial charge in [0.1, 0.15) is 0 Å². The number of aryl methyl sites for hydroxylation is 2. The molecular weight excluding hydrogens is 350 g/mol. The second kappa shape index (κ2) is 8.85. The van der Waals surface area contributed by atoms with Gasteiger partial charge in [-0.25, -0.2) is 0 Å². The van der Waals surface area contributed by atoms with Gasteiger partial charge in [0.25, 0.3) is 0 Å². The molecule has 2 aromatic rings. The molecule has 0 amide bonds. The molecule has 0 spiro atoms. The van der Waals surface area contributed by atoms with Crippen LogP contribution in [0.1, 0.15) is 56.0 Å². The Morgan fingerprint density at radius 1 is 1.11 bits per heavy atom. The van der Waals surface area contributed by atoms with Crippen LogP contribution in [0.3, 0.4) is 0 Å². The minimum Gasteiger partial charge on any atom is -0.493 e. The Morgan fingerprint density at radius 2 is 1.79 bits per heavy atom. The highest BCUT2D eigenvalue weighted by Crippen LogP contribution is 2.37. The Kier molecular flexibility index (Phi) is 6.48. The van der Waals surface area contributed by atoms with Crippen LogP contribution in [0.5, 0.6) is 11.5 Å². The van der Waals surface area contributed by atoms with Gasteiger partial charge in [0.05, 0.1) is 13.7 Å². The van der Waals surface area contributed by atoms with Gasteiger partial charge in [0, 0.05) is 36.0 Å². The second-order valence-electron chi connectivity index (χ2n) is 8.24. The van der Waals surface area contributed by atoms with Crippen molar-refractivity contribution < 1.29 is 9.47 Å². The molecule has 0 radical (unpaired) electrons. The van der Waals surface area contributed by atoms with Gasteiger partial charge in [-0.2, -0.15) is 0 Å². The summed E-state index contributed by atoms with van der Waals surface area (Å²) in [6, 6.07) is 9.79. The summed E-state index contributed by atoms with van der Waals surface area (Å²) in [5.41, 5.74) is 3.36. The number of ether oxygens (including phenoxy) is 2. The summed E-state index contributed by atoms with van der Waals surface area (Å²) in [5.74, 6) is 3.17. The lowest BCUT2D eigenvalue weighted by atomic mass is 9.85. The van der Waals surface area contributed by atoms with Crippen LogP contribution in [0.2, 0.25) is 0 Å². The topological polar surface area (TPSA) is 40.5 Å². The normalized spacial score (nSPS) is 15.9. The fraction of sp³-hybridized carbons (Fsp3) is 0.542. The van der Waals surface area contributed by atoms with E-state index in [1.54, 1.807) is 19.2 Å². The van der Waals surface area contributed by atoms with Crippen LogP contribution in [0.25, 0.3) is 0 Å². The molecule has 1 aliphatic carbocycles. The van der Waals surface area contributed by atoms with Crippen LogP contribution in [0, 0.1) is 25.7 Å². The quantitative estimate of drug-likeness (QED) is 0.605. The fourth-order valence-electron chi connectivity index (χ4n) is 3.80. The van der Waals surface area contributed by atoms with Gasteiger partial charge in [-0.1, -0.05) is 26.3 Å². The zero-order chi connectivity index (χ0) is 20.3. The minimum absolute atomic E-state index is 0.0755. The number of hydrogen-bond acceptors (Lipinski definition) is 3. The number of benzene rings is 1. The van der Waals surface area contributed by atoms with Crippen LogP contribution in [0.15, 0.2) is 35.1 Å². The molecule has 4 nitrogen and oxygen atoms in total. The van der Waals surface area contributed by atoms with E-state index in [1.807, 2.05) is 19.9 Å². The summed E-state index contributed by atoms with van der Waals surface area (Å²) < 4.78 is 13.9. The van der Waals surface area contributed by atoms with Crippen molar-refractivity contribution in [3.63, 3.8) is 0 Å². The van der Waals surface area contributed by atoms with E-state index >= 15 is 0 Å². The van der Waals surface area contributed by atoms with Crippen molar-refractivity contribution in [3.8, 4) is 11.5 Å². The molecule has 1 fully saturated rings. The first-order valence-electron chi connectivity index (χ1n) is 10.4. The summed E-state index contributed by atoms with van der Waals surface area (Å²) in [6.45, 7) is 10.2. The van der Waals surface area contributed by atoms with Crippen molar-refractivity contribution in [3.05, 3.63) is 57.5 Å². The molecule has 0 bridgehead atoms. The minimum atomic E-state index is 0.0755. The van der Waals surface area contributed by atoms with E-state index in [2.05, 4.69) is 30.5 Å². The summed E-state index contributed by atoms with van der Waals surface area (Å²) in [6.07, 6.45) is 3.62. The van der Waals surface area contributed by atoms with E-state index in [0.29, 0.717) is 17.8 Å². The average molecular weight is 384 g/mol. The lowest BCUT2D eigenvalue weighted by Gasteiger charge is -2.27. The third-order valence-electron chi connectivity index (χ3n) is 6.05. The molecule has 0 N–H and O–H groups in total. The van der Waals surface area contributed by atoms with Gasteiger partial charge in [0.2, 0.25) is 0 Å². The molecule has 4 heteroatoms. The predicted molar refractivity (Wildman–Crippen MR) is 114 cm³/mol. The zero-order valence-electron chi connectivity index (χ0n) is 17.8. The Balaban J connectivity index is 1.93. The Morgan fingerprint density at radius 3 is 2.36 bits per heavy atom. The van der Waals surface area contributed by atoms with E-state index in [-0.39, 0.29) is 5.43 Å². The number of aromatic nitrogens is 1. The molecule has 0 aliphatic heterocycles. The van der Waals surface area contributed by atoms with Crippen LogP contribution in [-0.4, -0.2) is 18.3 Å². The van der Waals surface area contributed by atoms with Crippen molar-refractivity contribution in [2.45, 2.75) is 59.4 Å².